The molecular formula is C14H16ClN5O4S. The van der Waals surface area contributed by atoms with Gasteiger partial charge < -0.3 is 10.8 Å². The summed E-state index contributed by atoms with van der Waals surface area (Å²) >= 11 is 5.61. The molecule has 0 aliphatic carbocycles. The minimum Gasteiger partial charge on any atom is -0.387 e. The van der Waals surface area contributed by atoms with E-state index in [9.17, 15) is 18.3 Å². The lowest BCUT2D eigenvalue weighted by Crippen LogP contribution is -2.43. The Labute approximate surface area is 149 Å². The van der Waals surface area contributed by atoms with Crippen LogP contribution in [0.1, 0.15) is 23.1 Å². The maximum Gasteiger partial charge on any atom is 0.336 e. The molecule has 2 aromatic rings. The summed E-state index contributed by atoms with van der Waals surface area (Å²) in [6.07, 6.45) is -0.0891. The fraction of sp³-hybridized carbons (Fsp3) is 0.286. The Hall–Kier alpha value is -2.30. The van der Waals surface area contributed by atoms with Crippen LogP contribution in [0.5, 0.6) is 0 Å². The number of aliphatic hydroxyl groups excluding tert-OH is 1. The van der Waals surface area contributed by atoms with Crippen LogP contribution in [-0.2, 0) is 10.0 Å². The van der Waals surface area contributed by atoms with Crippen LogP contribution in [0, 0.1) is 13.8 Å². The zero-order valence-electron chi connectivity index (χ0n) is 13.4. The molecule has 9 nitrogen and oxygen atoms in total. The monoisotopic (exact) mass is 385 g/mol. The molecular weight excluding hydrogens is 370 g/mol. The van der Waals surface area contributed by atoms with Crippen LogP contribution in [0.25, 0.3) is 0 Å². The second-order valence-corrected chi connectivity index (χ2v) is 7.14. The summed E-state index contributed by atoms with van der Waals surface area (Å²) in [5, 5.41) is 9.40. The van der Waals surface area contributed by atoms with E-state index in [0.717, 1.165) is 0 Å². The fourth-order valence-electron chi connectivity index (χ4n) is 2.16. The van der Waals surface area contributed by atoms with Gasteiger partial charge in [0, 0.05) is 23.1 Å². The number of urea groups is 1. The van der Waals surface area contributed by atoms with Gasteiger partial charge in [0.1, 0.15) is 0 Å². The van der Waals surface area contributed by atoms with E-state index in [0.29, 0.717) is 11.4 Å². The highest BCUT2D eigenvalue weighted by atomic mass is 35.5. The van der Waals surface area contributed by atoms with Gasteiger partial charge in [-0.2, -0.15) is 8.42 Å². The number of sulfonamides is 1. The number of hydrogen-bond donors (Lipinski definition) is 2. The number of alkyl halides is 1. The van der Waals surface area contributed by atoms with E-state index in [1.807, 2.05) is 0 Å². The molecule has 0 fully saturated rings. The van der Waals surface area contributed by atoms with Crippen molar-refractivity contribution in [2.45, 2.75) is 25.0 Å². The van der Waals surface area contributed by atoms with Crippen LogP contribution in [0.4, 0.5) is 10.7 Å². The van der Waals surface area contributed by atoms with E-state index in [1.54, 1.807) is 19.9 Å². The topological polar surface area (TPSA) is 139 Å². The Kier molecular flexibility index (Phi) is 5.55. The molecule has 25 heavy (non-hydrogen) atoms. The van der Waals surface area contributed by atoms with Crippen molar-refractivity contribution < 1.29 is 18.3 Å². The van der Waals surface area contributed by atoms with Crippen molar-refractivity contribution in [3.8, 4) is 0 Å². The third-order valence-corrected chi connectivity index (χ3v) is 5.09. The van der Waals surface area contributed by atoms with E-state index < -0.39 is 33.1 Å². The number of halogens is 1. The number of amides is 2. The van der Waals surface area contributed by atoms with Gasteiger partial charge in [0.15, 0.2) is 5.03 Å². The quantitative estimate of drug-likeness (QED) is 0.732. The molecule has 2 aromatic heterocycles. The number of anilines is 1. The predicted molar refractivity (Wildman–Crippen MR) is 90.7 cm³/mol. The second-order valence-electron chi connectivity index (χ2n) is 5.13. The van der Waals surface area contributed by atoms with Crippen molar-refractivity contribution in [1.29, 1.82) is 0 Å². The van der Waals surface area contributed by atoms with Gasteiger partial charge in [0.05, 0.1) is 12.0 Å². The summed E-state index contributed by atoms with van der Waals surface area (Å²) < 4.78 is 26.2. The van der Waals surface area contributed by atoms with E-state index in [2.05, 4.69) is 15.0 Å². The average Bonchev–Trinajstić information content (AvgIpc) is 2.52. The van der Waals surface area contributed by atoms with Gasteiger partial charge in [0.25, 0.3) is 10.0 Å². The number of aryl methyl sites for hydroxylation is 2. The lowest BCUT2D eigenvalue weighted by atomic mass is 10.2. The van der Waals surface area contributed by atoms with Crippen molar-refractivity contribution in [3.63, 3.8) is 0 Å². The molecule has 2 rings (SSSR count). The third kappa shape index (κ3) is 3.86. The zero-order valence-corrected chi connectivity index (χ0v) is 15.0. The number of nitrogens with two attached hydrogens (primary N) is 1. The number of hydrogen-bond acceptors (Lipinski definition) is 7. The Balaban J connectivity index is 2.69. The Bertz CT molecular complexity index is 886. The Morgan fingerprint density at radius 1 is 1.36 bits per heavy atom. The van der Waals surface area contributed by atoms with Gasteiger partial charge in [-0.1, -0.05) is 6.07 Å². The molecule has 134 valence electrons. The summed E-state index contributed by atoms with van der Waals surface area (Å²) in [5.74, 6) is -0.660. The maximum atomic E-state index is 13.0. The summed E-state index contributed by atoms with van der Waals surface area (Å²) in [4.78, 5) is 23.6. The molecule has 0 aliphatic rings. The summed E-state index contributed by atoms with van der Waals surface area (Å²) in [7, 11) is -4.57. The summed E-state index contributed by atoms with van der Waals surface area (Å²) in [6, 6.07) is 3.08. The van der Waals surface area contributed by atoms with Crippen LogP contribution < -0.4 is 10.0 Å². The molecule has 0 spiro atoms. The number of aromatic nitrogens is 3. The van der Waals surface area contributed by atoms with Crippen LogP contribution in [0.2, 0.25) is 0 Å². The smallest absolute Gasteiger partial charge is 0.336 e. The molecule has 0 saturated carbocycles. The van der Waals surface area contributed by atoms with Gasteiger partial charge in [-0.15, -0.1) is 15.9 Å². The van der Waals surface area contributed by atoms with Crippen molar-refractivity contribution in [2.75, 3.05) is 10.2 Å². The average molecular weight is 386 g/mol. The molecule has 3 N–H and O–H groups in total. The number of pyridine rings is 1. The van der Waals surface area contributed by atoms with Crippen LogP contribution in [0.3, 0.4) is 0 Å². The van der Waals surface area contributed by atoms with E-state index in [4.69, 9.17) is 17.3 Å². The van der Waals surface area contributed by atoms with Crippen molar-refractivity contribution in [3.05, 3.63) is 41.3 Å². The Morgan fingerprint density at radius 3 is 2.48 bits per heavy atom. The maximum absolute atomic E-state index is 13.0. The highest BCUT2D eigenvalue weighted by Crippen LogP contribution is 2.26. The van der Waals surface area contributed by atoms with Crippen molar-refractivity contribution in [1.82, 2.24) is 15.0 Å². The van der Waals surface area contributed by atoms with Gasteiger partial charge in [-0.3, -0.25) is 0 Å². The number of carbonyl (C=O) groups excluding carboxylic acids is 1. The first-order valence-corrected chi connectivity index (χ1v) is 9.02. The zero-order chi connectivity index (χ0) is 18.8. The van der Waals surface area contributed by atoms with Crippen LogP contribution in [-0.4, -0.2) is 40.4 Å². The van der Waals surface area contributed by atoms with E-state index >= 15 is 0 Å². The number of rotatable bonds is 5. The fourth-order valence-corrected chi connectivity index (χ4v) is 3.73. The van der Waals surface area contributed by atoms with Gasteiger partial charge in [0.2, 0.25) is 5.95 Å². The van der Waals surface area contributed by atoms with Crippen LogP contribution >= 0.6 is 11.6 Å². The standard InChI is InChI=1S/C14H16ClN5O4S/c1-8-6-9(2)19-14(18-8)20(13(16)22)25(23,24)12-10(11(21)7-15)4-3-5-17-12/h3-6,11,21H,7H2,1-2H3,(H2,16,22). The summed E-state index contributed by atoms with van der Waals surface area (Å²) in [5.41, 5.74) is 6.10. The molecule has 2 amide bonds. The molecule has 1 atom stereocenters. The minimum atomic E-state index is -4.57. The van der Waals surface area contributed by atoms with Gasteiger partial charge >= 0.3 is 6.03 Å². The second kappa shape index (κ2) is 7.30. The molecule has 11 heteroatoms. The number of aliphatic hydroxyl groups is 1. The lowest BCUT2D eigenvalue weighted by molar-refractivity contribution is 0.198. The molecule has 1 unspecified atom stereocenters. The molecule has 0 aliphatic heterocycles. The normalized spacial score (nSPS) is 12.6. The Morgan fingerprint density at radius 2 is 1.96 bits per heavy atom. The number of primary amides is 1. The lowest BCUT2D eigenvalue weighted by Gasteiger charge is -2.20. The first-order chi connectivity index (χ1) is 11.7. The van der Waals surface area contributed by atoms with Gasteiger partial charge in [-0.05, 0) is 26.0 Å². The van der Waals surface area contributed by atoms with Crippen LogP contribution in [0.15, 0.2) is 29.4 Å². The number of carbonyl (C=O) groups is 1. The summed E-state index contributed by atoms with van der Waals surface area (Å²) in [6.45, 7) is 3.24. The molecule has 0 radical (unpaired) electrons. The first-order valence-electron chi connectivity index (χ1n) is 7.04. The SMILES string of the molecule is Cc1cc(C)nc(N(C(N)=O)S(=O)(=O)c2ncccc2C(O)CCl)n1. The van der Waals surface area contributed by atoms with Crippen molar-refractivity contribution in [2.24, 2.45) is 5.73 Å². The highest BCUT2D eigenvalue weighted by molar-refractivity contribution is 7.93. The third-order valence-electron chi connectivity index (χ3n) is 3.14. The number of nitrogens with zero attached hydrogens (tertiary/aromatic N) is 4. The molecule has 2 heterocycles. The van der Waals surface area contributed by atoms with E-state index in [1.165, 1.54) is 18.3 Å². The molecule has 0 aromatic carbocycles. The molecule has 0 saturated heterocycles. The minimum absolute atomic E-state index is 0.0619. The molecule has 0 bridgehead atoms. The van der Waals surface area contributed by atoms with E-state index in [-0.39, 0.29) is 15.7 Å². The first kappa shape index (κ1) is 19.0. The van der Waals surface area contributed by atoms with Gasteiger partial charge in [-0.25, -0.2) is 19.7 Å². The largest absolute Gasteiger partial charge is 0.387 e. The van der Waals surface area contributed by atoms with Crippen molar-refractivity contribution >= 4 is 33.6 Å². The predicted octanol–water partition coefficient (Wildman–Crippen LogP) is 1.03. The highest BCUT2D eigenvalue weighted by Gasteiger charge is 2.36.